The van der Waals surface area contributed by atoms with Crippen LogP contribution in [0.15, 0.2) is 41.3 Å². The highest BCUT2D eigenvalue weighted by molar-refractivity contribution is 7.89. The third-order valence-corrected chi connectivity index (χ3v) is 10.1. The molecule has 1 aromatic heterocycles. The number of anilines is 1. The minimum absolute atomic E-state index is 0.173. The van der Waals surface area contributed by atoms with Crippen molar-refractivity contribution in [2.24, 2.45) is 0 Å². The second-order valence-corrected chi connectivity index (χ2v) is 13.0. The third-order valence-electron chi connectivity index (χ3n) is 6.93. The molecular formula is C29H40N4O4S2. The van der Waals surface area contributed by atoms with Crippen LogP contribution in [0, 0.1) is 13.8 Å². The van der Waals surface area contributed by atoms with Gasteiger partial charge in [-0.3, -0.25) is 14.6 Å². The summed E-state index contributed by atoms with van der Waals surface area (Å²) in [5.74, 6) is -0.173. The minimum atomic E-state index is -3.61. The number of fused-ring (bicyclic) bond motifs is 1. The number of hydrogen-bond acceptors (Lipinski definition) is 7. The first-order valence-corrected chi connectivity index (χ1v) is 16.1. The van der Waals surface area contributed by atoms with Gasteiger partial charge in [0.1, 0.15) is 0 Å². The lowest BCUT2D eigenvalue weighted by Gasteiger charge is -2.27. The number of benzene rings is 2. The van der Waals surface area contributed by atoms with Crippen molar-refractivity contribution >= 4 is 42.6 Å². The molecule has 0 unspecified atom stereocenters. The molecule has 0 N–H and O–H groups in total. The van der Waals surface area contributed by atoms with Crippen LogP contribution in [0.2, 0.25) is 0 Å². The molecule has 1 aliphatic rings. The predicted molar refractivity (Wildman–Crippen MR) is 158 cm³/mol. The Hall–Kier alpha value is -2.37. The first-order chi connectivity index (χ1) is 18.7. The highest BCUT2D eigenvalue weighted by Gasteiger charge is 2.26. The molecule has 0 spiro atoms. The van der Waals surface area contributed by atoms with Gasteiger partial charge in [-0.1, -0.05) is 31.3 Å². The fourth-order valence-electron chi connectivity index (χ4n) is 4.97. The van der Waals surface area contributed by atoms with Gasteiger partial charge >= 0.3 is 0 Å². The Balaban J connectivity index is 1.60. The second-order valence-electron chi connectivity index (χ2n) is 10.1. The van der Waals surface area contributed by atoms with Gasteiger partial charge in [-0.25, -0.2) is 13.4 Å². The van der Waals surface area contributed by atoms with Crippen molar-refractivity contribution in [3.05, 3.63) is 53.1 Å². The molecule has 8 nitrogen and oxygen atoms in total. The first kappa shape index (κ1) is 29.6. The quantitative estimate of drug-likeness (QED) is 0.301. The average Bonchev–Trinajstić information content (AvgIpc) is 3.35. The summed E-state index contributed by atoms with van der Waals surface area (Å²) in [4.78, 5) is 23.0. The van der Waals surface area contributed by atoms with E-state index in [4.69, 9.17) is 9.72 Å². The first-order valence-electron chi connectivity index (χ1n) is 13.8. The lowest BCUT2D eigenvalue weighted by molar-refractivity contribution is 0.0376. The van der Waals surface area contributed by atoms with Crippen molar-refractivity contribution in [1.29, 1.82) is 0 Å². The van der Waals surface area contributed by atoms with Gasteiger partial charge in [-0.15, -0.1) is 0 Å². The number of sulfonamides is 1. The second kappa shape index (κ2) is 13.3. The molecule has 212 valence electrons. The van der Waals surface area contributed by atoms with E-state index in [0.717, 1.165) is 73.5 Å². The fraction of sp³-hybridized carbons (Fsp3) is 0.517. The number of amides is 1. The summed E-state index contributed by atoms with van der Waals surface area (Å²) in [6.45, 7) is 13.7. The number of nitrogens with zero attached hydrogens (tertiary/aromatic N) is 4. The van der Waals surface area contributed by atoms with E-state index in [9.17, 15) is 13.2 Å². The topological polar surface area (TPSA) is 83.1 Å². The number of thiazole rings is 1. The molecule has 1 fully saturated rings. The molecule has 2 heterocycles. The highest BCUT2D eigenvalue weighted by atomic mass is 32.2. The van der Waals surface area contributed by atoms with Crippen molar-refractivity contribution in [2.75, 3.05) is 57.4 Å². The van der Waals surface area contributed by atoms with E-state index in [0.29, 0.717) is 30.3 Å². The van der Waals surface area contributed by atoms with Gasteiger partial charge in [0.05, 0.1) is 28.3 Å². The van der Waals surface area contributed by atoms with Crippen molar-refractivity contribution in [1.82, 2.24) is 14.2 Å². The molecule has 39 heavy (non-hydrogen) atoms. The minimum Gasteiger partial charge on any atom is -0.379 e. The molecule has 1 amide bonds. The molecule has 2 aromatic carbocycles. The average molecular weight is 573 g/mol. The van der Waals surface area contributed by atoms with E-state index in [-0.39, 0.29) is 10.8 Å². The van der Waals surface area contributed by atoms with Gasteiger partial charge in [-0.2, -0.15) is 4.31 Å². The monoisotopic (exact) mass is 572 g/mol. The maximum atomic E-state index is 13.9. The summed E-state index contributed by atoms with van der Waals surface area (Å²) in [6, 6.07) is 10.6. The van der Waals surface area contributed by atoms with E-state index in [2.05, 4.69) is 30.9 Å². The van der Waals surface area contributed by atoms with Crippen molar-refractivity contribution in [3.8, 4) is 0 Å². The Labute approximate surface area is 236 Å². The van der Waals surface area contributed by atoms with Crippen molar-refractivity contribution in [2.45, 2.75) is 51.9 Å². The molecule has 3 aromatic rings. The van der Waals surface area contributed by atoms with Crippen LogP contribution in [0.4, 0.5) is 5.13 Å². The molecule has 10 heteroatoms. The number of rotatable bonds is 12. The van der Waals surface area contributed by atoms with Crippen LogP contribution in [0.25, 0.3) is 10.2 Å². The SMILES string of the molecule is CCCN(CCC)S(=O)(=O)c1ccc(C(=O)N(CCCN2CCOCC2)c2nc3cc(C)cc(C)c3s2)cc1. The summed E-state index contributed by atoms with van der Waals surface area (Å²) in [6.07, 6.45) is 2.29. The number of aromatic nitrogens is 1. The normalized spacial score (nSPS) is 14.8. The molecule has 0 radical (unpaired) electrons. The zero-order chi connectivity index (χ0) is 28.0. The van der Waals surface area contributed by atoms with Crippen LogP contribution in [0.3, 0.4) is 0 Å². The Morgan fingerprint density at radius 3 is 2.33 bits per heavy atom. The van der Waals surface area contributed by atoms with E-state index < -0.39 is 10.0 Å². The Morgan fingerprint density at radius 1 is 1.03 bits per heavy atom. The van der Waals surface area contributed by atoms with E-state index >= 15 is 0 Å². The summed E-state index contributed by atoms with van der Waals surface area (Å²) in [5, 5.41) is 0.666. The van der Waals surface area contributed by atoms with Crippen LogP contribution in [-0.2, 0) is 14.8 Å². The molecule has 0 atom stereocenters. The molecular weight excluding hydrogens is 532 g/mol. The van der Waals surface area contributed by atoms with Gasteiger partial charge in [0.2, 0.25) is 10.0 Å². The summed E-state index contributed by atoms with van der Waals surface area (Å²) in [5.41, 5.74) is 3.63. The Kier molecular flexibility index (Phi) is 10.1. The third kappa shape index (κ3) is 7.05. The standard InChI is InChI=1S/C29H40N4O4S2/c1-5-12-32(13-6-2)39(35,36)25-10-8-24(9-11-25)28(34)33(15-7-14-31-16-18-37-19-17-31)29-30-26-21-22(3)20-23(4)27(26)38-29/h8-11,20-21H,5-7,12-19H2,1-4H3. The molecule has 1 saturated heterocycles. The Bertz CT molecular complexity index is 1360. The van der Waals surface area contributed by atoms with Gasteiger partial charge in [0.25, 0.3) is 5.91 Å². The van der Waals surface area contributed by atoms with Crippen LogP contribution in [-0.4, -0.2) is 81.0 Å². The van der Waals surface area contributed by atoms with Crippen molar-refractivity contribution < 1.29 is 17.9 Å². The van der Waals surface area contributed by atoms with E-state index in [1.54, 1.807) is 29.2 Å². The molecule has 0 aliphatic carbocycles. The summed E-state index contributed by atoms with van der Waals surface area (Å²) in [7, 11) is -3.61. The number of hydrogen-bond donors (Lipinski definition) is 0. The van der Waals surface area contributed by atoms with Gasteiger partial charge in [0.15, 0.2) is 5.13 Å². The molecule has 4 rings (SSSR count). The number of ether oxygens (including phenoxy) is 1. The van der Waals surface area contributed by atoms with Gasteiger partial charge in [0, 0.05) is 44.8 Å². The zero-order valence-electron chi connectivity index (χ0n) is 23.5. The molecule has 0 saturated carbocycles. The van der Waals surface area contributed by atoms with Gasteiger partial charge < -0.3 is 4.74 Å². The number of aryl methyl sites for hydroxylation is 2. The summed E-state index contributed by atoms with van der Waals surface area (Å²) < 4.78 is 34.5. The Morgan fingerprint density at radius 2 is 1.69 bits per heavy atom. The van der Waals surface area contributed by atoms with E-state index in [1.807, 2.05) is 13.8 Å². The van der Waals surface area contributed by atoms with Crippen LogP contribution >= 0.6 is 11.3 Å². The summed E-state index contributed by atoms with van der Waals surface area (Å²) >= 11 is 1.53. The van der Waals surface area contributed by atoms with Gasteiger partial charge in [-0.05, 0) is 74.6 Å². The van der Waals surface area contributed by atoms with Crippen LogP contribution < -0.4 is 4.90 Å². The van der Waals surface area contributed by atoms with E-state index in [1.165, 1.54) is 15.6 Å². The highest BCUT2D eigenvalue weighted by Crippen LogP contribution is 2.33. The predicted octanol–water partition coefficient (Wildman–Crippen LogP) is 5.09. The number of carbonyl (C=O) groups excluding carboxylic acids is 1. The van der Waals surface area contributed by atoms with Crippen LogP contribution in [0.5, 0.6) is 0 Å². The molecule has 1 aliphatic heterocycles. The number of carbonyl (C=O) groups is 1. The number of morpholine rings is 1. The lowest BCUT2D eigenvalue weighted by atomic mass is 10.1. The maximum absolute atomic E-state index is 13.9. The fourth-order valence-corrected chi connectivity index (χ4v) is 7.63. The smallest absolute Gasteiger partial charge is 0.260 e. The van der Waals surface area contributed by atoms with Crippen molar-refractivity contribution in [3.63, 3.8) is 0 Å². The molecule has 0 bridgehead atoms. The zero-order valence-corrected chi connectivity index (χ0v) is 25.1. The largest absolute Gasteiger partial charge is 0.379 e. The van der Waals surface area contributed by atoms with Crippen LogP contribution in [0.1, 0.15) is 54.6 Å². The maximum Gasteiger partial charge on any atom is 0.260 e. The lowest BCUT2D eigenvalue weighted by Crippen LogP contribution is -2.39.